The summed E-state index contributed by atoms with van der Waals surface area (Å²) >= 11 is 0. The molecule has 2 unspecified atom stereocenters. The smallest absolute Gasteiger partial charge is 0.220 e. The third kappa shape index (κ3) is 3.29. The lowest BCUT2D eigenvalue weighted by Crippen LogP contribution is -2.54. The number of nitrogens with zero attached hydrogens (tertiary/aromatic N) is 1. The Bertz CT molecular complexity index is 561. The van der Waals surface area contributed by atoms with Crippen molar-refractivity contribution in [2.24, 2.45) is 5.92 Å². The molecule has 2 fully saturated rings. The van der Waals surface area contributed by atoms with E-state index < -0.39 is 0 Å². The van der Waals surface area contributed by atoms with Gasteiger partial charge in [-0.3, -0.25) is 14.5 Å². The van der Waals surface area contributed by atoms with Gasteiger partial charge in [-0.15, -0.1) is 0 Å². The molecule has 0 saturated carbocycles. The van der Waals surface area contributed by atoms with Gasteiger partial charge >= 0.3 is 0 Å². The van der Waals surface area contributed by atoms with E-state index in [0.717, 1.165) is 25.9 Å². The molecule has 1 N–H and O–H groups in total. The third-order valence-corrected chi connectivity index (χ3v) is 4.42. The molecule has 2 aliphatic heterocycles. The largest absolute Gasteiger partial charge is 0.353 e. The zero-order chi connectivity index (χ0) is 14.8. The summed E-state index contributed by atoms with van der Waals surface area (Å²) in [5.74, 6) is 0.139. The van der Waals surface area contributed by atoms with E-state index in [1.54, 1.807) is 12.1 Å². The summed E-state index contributed by atoms with van der Waals surface area (Å²) in [5, 5.41) is 3.03. The fraction of sp³-hybridized carbons (Fsp3) is 0.500. The number of hydrogen-bond donors (Lipinski definition) is 1. The second-order valence-electron chi connectivity index (χ2n) is 5.93. The molecule has 1 aromatic rings. The van der Waals surface area contributed by atoms with Crippen molar-refractivity contribution in [1.29, 1.82) is 0 Å². The van der Waals surface area contributed by atoms with E-state index in [-0.39, 0.29) is 23.5 Å². The minimum Gasteiger partial charge on any atom is -0.353 e. The van der Waals surface area contributed by atoms with Gasteiger partial charge < -0.3 is 5.32 Å². The Morgan fingerprint density at radius 3 is 3.05 bits per heavy atom. The molecule has 2 heterocycles. The van der Waals surface area contributed by atoms with Crippen LogP contribution in [0.1, 0.15) is 29.6 Å². The highest BCUT2D eigenvalue weighted by atomic mass is 19.1. The van der Waals surface area contributed by atoms with Gasteiger partial charge in [0.25, 0.3) is 0 Å². The number of carbonyl (C=O) groups excluding carboxylic acids is 2. The Morgan fingerprint density at radius 1 is 1.38 bits per heavy atom. The number of fused-ring (bicyclic) bond motifs is 1. The Hall–Kier alpha value is -1.75. The molecule has 2 saturated heterocycles. The number of rotatable bonds is 3. The summed E-state index contributed by atoms with van der Waals surface area (Å²) in [7, 11) is 0. The van der Waals surface area contributed by atoms with Crippen LogP contribution < -0.4 is 5.32 Å². The molecule has 1 amide bonds. The van der Waals surface area contributed by atoms with Crippen LogP contribution in [-0.4, -0.2) is 42.3 Å². The molecular formula is C16H19FN2O2. The molecule has 0 aliphatic carbocycles. The highest BCUT2D eigenvalue weighted by molar-refractivity contribution is 5.97. The first-order chi connectivity index (χ1) is 10.1. The zero-order valence-corrected chi connectivity index (χ0v) is 11.8. The van der Waals surface area contributed by atoms with Crippen LogP contribution in [-0.2, 0) is 4.79 Å². The fourth-order valence-corrected chi connectivity index (χ4v) is 3.29. The van der Waals surface area contributed by atoms with Crippen LogP contribution in [0.15, 0.2) is 24.3 Å². The molecule has 2 aliphatic rings. The Kier molecular flexibility index (Phi) is 4.01. The van der Waals surface area contributed by atoms with Crippen LogP contribution in [0.2, 0.25) is 0 Å². The predicted molar refractivity (Wildman–Crippen MR) is 76.4 cm³/mol. The molecule has 0 bridgehead atoms. The average Bonchev–Trinajstić information content (AvgIpc) is 2.47. The lowest BCUT2D eigenvalue weighted by atomic mass is 9.85. The van der Waals surface area contributed by atoms with Crippen LogP contribution in [0, 0.1) is 11.7 Å². The summed E-state index contributed by atoms with van der Waals surface area (Å²) in [4.78, 5) is 25.7. The topological polar surface area (TPSA) is 49.4 Å². The van der Waals surface area contributed by atoms with Crippen molar-refractivity contribution < 1.29 is 14.0 Å². The highest BCUT2D eigenvalue weighted by Crippen LogP contribution is 2.25. The maximum absolute atomic E-state index is 13.2. The van der Waals surface area contributed by atoms with Crippen LogP contribution in [0.5, 0.6) is 0 Å². The average molecular weight is 290 g/mol. The SMILES string of the molecule is O=C1CCC2CN(CC(=O)c3cccc(F)c3)CCC2N1. The number of nitrogens with one attached hydrogen (secondary N) is 1. The molecule has 3 rings (SSSR count). The van der Waals surface area contributed by atoms with Crippen LogP contribution >= 0.6 is 0 Å². The summed E-state index contributed by atoms with van der Waals surface area (Å²) in [6.07, 6.45) is 2.35. The molecule has 1 aromatic carbocycles. The zero-order valence-electron chi connectivity index (χ0n) is 11.8. The van der Waals surface area contributed by atoms with Gasteiger partial charge in [-0.1, -0.05) is 12.1 Å². The number of ketones is 1. The van der Waals surface area contributed by atoms with Crippen molar-refractivity contribution in [2.75, 3.05) is 19.6 Å². The van der Waals surface area contributed by atoms with E-state index in [9.17, 15) is 14.0 Å². The van der Waals surface area contributed by atoms with Gasteiger partial charge in [0, 0.05) is 31.1 Å². The van der Waals surface area contributed by atoms with Gasteiger partial charge in [-0.2, -0.15) is 0 Å². The number of piperidine rings is 2. The summed E-state index contributed by atoms with van der Waals surface area (Å²) in [6, 6.07) is 6.10. The monoisotopic (exact) mass is 290 g/mol. The Balaban J connectivity index is 1.59. The van der Waals surface area contributed by atoms with Crippen LogP contribution in [0.3, 0.4) is 0 Å². The van der Waals surface area contributed by atoms with Gasteiger partial charge in [0.15, 0.2) is 5.78 Å². The van der Waals surface area contributed by atoms with E-state index >= 15 is 0 Å². The number of carbonyl (C=O) groups is 2. The first kappa shape index (κ1) is 14.2. The molecule has 0 aromatic heterocycles. The van der Waals surface area contributed by atoms with Gasteiger partial charge in [0.1, 0.15) is 5.82 Å². The third-order valence-electron chi connectivity index (χ3n) is 4.42. The number of benzene rings is 1. The number of halogens is 1. The molecule has 0 radical (unpaired) electrons. The van der Waals surface area contributed by atoms with Crippen LogP contribution in [0.4, 0.5) is 4.39 Å². The number of Topliss-reactive ketones (excluding diaryl/α,β-unsaturated/α-hetero) is 1. The Labute approximate surface area is 123 Å². The minimum absolute atomic E-state index is 0.0483. The lowest BCUT2D eigenvalue weighted by molar-refractivity contribution is -0.125. The first-order valence-corrected chi connectivity index (χ1v) is 7.42. The van der Waals surface area contributed by atoms with Crippen molar-refractivity contribution in [2.45, 2.75) is 25.3 Å². The second kappa shape index (κ2) is 5.93. The number of hydrogen-bond acceptors (Lipinski definition) is 3. The molecular weight excluding hydrogens is 271 g/mol. The minimum atomic E-state index is -0.380. The molecule has 2 atom stereocenters. The van der Waals surface area contributed by atoms with Gasteiger partial charge in [0.05, 0.1) is 6.54 Å². The summed E-state index contributed by atoms with van der Waals surface area (Å²) in [6.45, 7) is 1.94. The molecule has 5 heteroatoms. The highest BCUT2D eigenvalue weighted by Gasteiger charge is 2.34. The van der Waals surface area contributed by atoms with Crippen LogP contribution in [0.25, 0.3) is 0 Å². The fourth-order valence-electron chi connectivity index (χ4n) is 3.29. The number of amides is 1. The summed E-state index contributed by atoms with van der Waals surface area (Å²) < 4.78 is 13.2. The normalized spacial score (nSPS) is 26.0. The second-order valence-corrected chi connectivity index (χ2v) is 5.93. The predicted octanol–water partition coefficient (Wildman–Crippen LogP) is 1.61. The molecule has 4 nitrogen and oxygen atoms in total. The van der Waals surface area contributed by atoms with Gasteiger partial charge in [-0.25, -0.2) is 4.39 Å². The van der Waals surface area contributed by atoms with E-state index in [1.807, 2.05) is 0 Å². The van der Waals surface area contributed by atoms with Crippen molar-refractivity contribution in [3.8, 4) is 0 Å². The molecule has 112 valence electrons. The molecule has 0 spiro atoms. The quantitative estimate of drug-likeness (QED) is 0.860. The maximum atomic E-state index is 13.2. The Morgan fingerprint density at radius 2 is 2.24 bits per heavy atom. The van der Waals surface area contributed by atoms with Crippen molar-refractivity contribution in [3.63, 3.8) is 0 Å². The van der Waals surface area contributed by atoms with E-state index in [2.05, 4.69) is 10.2 Å². The van der Waals surface area contributed by atoms with E-state index in [0.29, 0.717) is 24.4 Å². The van der Waals surface area contributed by atoms with Crippen molar-refractivity contribution in [1.82, 2.24) is 10.2 Å². The van der Waals surface area contributed by atoms with Crippen molar-refractivity contribution >= 4 is 11.7 Å². The standard InChI is InChI=1S/C16H19FN2O2/c17-13-3-1-2-11(8-13)15(20)10-19-7-6-14-12(9-19)4-5-16(21)18-14/h1-3,8,12,14H,4-7,9-10H2,(H,18,21). The number of likely N-dealkylation sites (tertiary alicyclic amines) is 1. The van der Waals surface area contributed by atoms with E-state index in [4.69, 9.17) is 0 Å². The molecule has 21 heavy (non-hydrogen) atoms. The van der Waals surface area contributed by atoms with E-state index in [1.165, 1.54) is 12.1 Å². The van der Waals surface area contributed by atoms with Crippen molar-refractivity contribution in [3.05, 3.63) is 35.6 Å². The first-order valence-electron chi connectivity index (χ1n) is 7.42. The lowest BCUT2D eigenvalue weighted by Gasteiger charge is -2.41. The maximum Gasteiger partial charge on any atom is 0.220 e. The summed E-state index contributed by atoms with van der Waals surface area (Å²) in [5.41, 5.74) is 0.425. The van der Waals surface area contributed by atoms with Gasteiger partial charge in [0.2, 0.25) is 5.91 Å². The van der Waals surface area contributed by atoms with Gasteiger partial charge in [-0.05, 0) is 30.9 Å².